The van der Waals surface area contributed by atoms with Crippen molar-refractivity contribution in [2.45, 2.75) is 0 Å². The van der Waals surface area contributed by atoms with Gasteiger partial charge in [0.2, 0.25) is 0 Å². The largest absolute Gasteiger partial charge is 0.507 e. The molecule has 0 radical (unpaired) electrons. The van der Waals surface area contributed by atoms with Crippen molar-refractivity contribution in [2.75, 3.05) is 5.32 Å². The smallest absolute Gasteiger partial charge is 0.259 e. The molecule has 0 fully saturated rings. The lowest BCUT2D eigenvalue weighted by Gasteiger charge is -2.09. The van der Waals surface area contributed by atoms with Crippen molar-refractivity contribution in [1.82, 2.24) is 0 Å². The van der Waals surface area contributed by atoms with Crippen LogP contribution in [-0.2, 0) is 0 Å². The van der Waals surface area contributed by atoms with E-state index in [9.17, 15) is 9.90 Å². The Morgan fingerprint density at radius 1 is 1.00 bits per heavy atom. The number of anilines is 1. The highest BCUT2D eigenvalue weighted by Crippen LogP contribution is 2.31. The van der Waals surface area contributed by atoms with Gasteiger partial charge in [-0.2, -0.15) is 0 Å². The fourth-order valence-electron chi connectivity index (χ4n) is 1.47. The van der Waals surface area contributed by atoms with Crippen LogP contribution >= 0.6 is 47.8 Å². The summed E-state index contributed by atoms with van der Waals surface area (Å²) in [6, 6.07) is 10.3. The van der Waals surface area contributed by atoms with Crippen LogP contribution in [0.5, 0.6) is 5.75 Å². The first-order chi connectivity index (χ1) is 8.99. The Balaban J connectivity index is 2.31. The first kappa shape index (κ1) is 14.6. The molecule has 2 rings (SSSR count). The lowest BCUT2D eigenvalue weighted by atomic mass is 10.2. The monoisotopic (exact) mass is 447 g/mol. The third-order valence-electron chi connectivity index (χ3n) is 2.41. The quantitative estimate of drug-likeness (QED) is 0.682. The first-order valence-corrected chi connectivity index (χ1v) is 7.61. The van der Waals surface area contributed by atoms with Gasteiger partial charge in [0.05, 0.1) is 11.3 Å². The third-order valence-corrected chi connectivity index (χ3v) is 4.94. The van der Waals surface area contributed by atoms with Crippen LogP contribution in [-0.4, -0.2) is 11.0 Å². The molecule has 2 N–H and O–H groups in total. The molecule has 0 spiro atoms. The number of halogens is 3. The van der Waals surface area contributed by atoms with Gasteiger partial charge in [-0.05, 0) is 72.1 Å². The molecule has 0 aromatic heterocycles. The molecule has 0 saturated carbocycles. The van der Waals surface area contributed by atoms with Crippen molar-refractivity contribution in [3.63, 3.8) is 0 Å². The van der Waals surface area contributed by atoms with Gasteiger partial charge in [0, 0.05) is 13.4 Å². The normalized spacial score (nSPS) is 10.3. The molecule has 3 nitrogen and oxygen atoms in total. The number of aromatic hydroxyl groups is 1. The average molecular weight is 450 g/mol. The first-order valence-electron chi connectivity index (χ1n) is 5.23. The molecule has 1 amide bonds. The Bertz CT molecular complexity index is 644. The van der Waals surface area contributed by atoms with E-state index in [2.05, 4.69) is 53.1 Å². The van der Waals surface area contributed by atoms with Crippen molar-refractivity contribution >= 4 is 59.4 Å². The molecule has 0 aliphatic rings. The van der Waals surface area contributed by atoms with Gasteiger partial charge in [-0.3, -0.25) is 4.79 Å². The summed E-state index contributed by atoms with van der Waals surface area (Å²) in [5.41, 5.74) is 0.844. The van der Waals surface area contributed by atoms with Crippen LogP contribution in [0.3, 0.4) is 0 Å². The minimum Gasteiger partial charge on any atom is -0.507 e. The van der Waals surface area contributed by atoms with Gasteiger partial charge in [-0.25, -0.2) is 0 Å². The summed E-state index contributed by atoms with van der Waals surface area (Å²) >= 11 is 9.91. The SMILES string of the molecule is O=C(Nc1ccccc1Br)c1cc(Br)c(Br)cc1O. The lowest BCUT2D eigenvalue weighted by molar-refractivity contribution is 0.102. The van der Waals surface area contributed by atoms with Crippen LogP contribution < -0.4 is 5.32 Å². The maximum Gasteiger partial charge on any atom is 0.259 e. The molecule has 98 valence electrons. The van der Waals surface area contributed by atoms with Gasteiger partial charge >= 0.3 is 0 Å². The number of rotatable bonds is 2. The van der Waals surface area contributed by atoms with E-state index in [4.69, 9.17) is 0 Å². The molecule has 2 aromatic carbocycles. The molecule has 0 unspecified atom stereocenters. The van der Waals surface area contributed by atoms with E-state index in [-0.39, 0.29) is 17.2 Å². The lowest BCUT2D eigenvalue weighted by Crippen LogP contribution is -2.12. The zero-order chi connectivity index (χ0) is 14.0. The molecule has 0 aliphatic heterocycles. The predicted molar refractivity (Wildman–Crippen MR) is 85.6 cm³/mol. The number of para-hydroxylation sites is 1. The minimum absolute atomic E-state index is 0.0837. The number of benzene rings is 2. The van der Waals surface area contributed by atoms with Gasteiger partial charge < -0.3 is 10.4 Å². The molecule has 0 heterocycles. The zero-order valence-corrected chi connectivity index (χ0v) is 14.2. The van der Waals surface area contributed by atoms with Gasteiger partial charge in [-0.15, -0.1) is 0 Å². The number of carbonyl (C=O) groups excluding carboxylic acids is 1. The van der Waals surface area contributed by atoms with Gasteiger partial charge in [0.25, 0.3) is 5.91 Å². The van der Waals surface area contributed by atoms with E-state index < -0.39 is 0 Å². The fourth-order valence-corrected chi connectivity index (χ4v) is 2.53. The van der Waals surface area contributed by atoms with Crippen LogP contribution in [0.1, 0.15) is 10.4 Å². The minimum atomic E-state index is -0.377. The maximum absolute atomic E-state index is 12.1. The van der Waals surface area contributed by atoms with Crippen LogP contribution in [0.25, 0.3) is 0 Å². The standard InChI is InChI=1S/C13H8Br3NO2/c14-8-3-1-2-4-11(8)17-13(19)7-5-9(15)10(16)6-12(7)18/h1-6,18H,(H,17,19). The van der Waals surface area contributed by atoms with E-state index in [0.29, 0.717) is 14.6 Å². The molecule has 0 atom stereocenters. The average Bonchev–Trinajstić information content (AvgIpc) is 2.36. The molecule has 0 bridgehead atoms. The molecule has 0 saturated heterocycles. The highest BCUT2D eigenvalue weighted by molar-refractivity contribution is 9.13. The Morgan fingerprint density at radius 2 is 1.63 bits per heavy atom. The zero-order valence-electron chi connectivity index (χ0n) is 9.45. The van der Waals surface area contributed by atoms with Crippen molar-refractivity contribution < 1.29 is 9.90 Å². The molecular weight excluding hydrogens is 442 g/mol. The Hall–Kier alpha value is -0.850. The van der Waals surface area contributed by atoms with Gasteiger partial charge in [0.15, 0.2) is 0 Å². The Labute approximate surface area is 135 Å². The third kappa shape index (κ3) is 3.38. The second-order valence-corrected chi connectivity index (χ2v) is 6.28. The van der Waals surface area contributed by atoms with Gasteiger partial charge in [0.1, 0.15) is 5.75 Å². The van der Waals surface area contributed by atoms with Crippen molar-refractivity contribution in [2.24, 2.45) is 0 Å². The van der Waals surface area contributed by atoms with Crippen LogP contribution in [0.15, 0.2) is 49.8 Å². The summed E-state index contributed by atoms with van der Waals surface area (Å²) < 4.78 is 2.16. The number of nitrogens with one attached hydrogen (secondary N) is 1. The Kier molecular flexibility index (Phi) is 4.65. The fraction of sp³-hybridized carbons (Fsp3) is 0. The van der Waals surface area contributed by atoms with E-state index in [0.717, 1.165) is 4.47 Å². The molecule has 6 heteroatoms. The number of phenolic OH excluding ortho intramolecular Hbond substituents is 1. The predicted octanol–water partition coefficient (Wildman–Crippen LogP) is 4.93. The summed E-state index contributed by atoms with van der Waals surface area (Å²) in [6.45, 7) is 0. The number of carbonyl (C=O) groups is 1. The summed E-state index contributed by atoms with van der Waals surface area (Å²) in [5.74, 6) is -0.461. The van der Waals surface area contributed by atoms with Crippen molar-refractivity contribution in [3.8, 4) is 5.75 Å². The van der Waals surface area contributed by atoms with E-state index >= 15 is 0 Å². The van der Waals surface area contributed by atoms with E-state index in [1.807, 2.05) is 18.2 Å². The van der Waals surface area contributed by atoms with Crippen molar-refractivity contribution in [1.29, 1.82) is 0 Å². The summed E-state index contributed by atoms with van der Waals surface area (Å²) in [6.07, 6.45) is 0. The van der Waals surface area contributed by atoms with E-state index in [1.54, 1.807) is 12.1 Å². The van der Waals surface area contributed by atoms with Crippen LogP contribution in [0.2, 0.25) is 0 Å². The second-order valence-electron chi connectivity index (χ2n) is 3.72. The topological polar surface area (TPSA) is 49.3 Å². The highest BCUT2D eigenvalue weighted by atomic mass is 79.9. The van der Waals surface area contributed by atoms with Crippen LogP contribution in [0.4, 0.5) is 5.69 Å². The van der Waals surface area contributed by atoms with Crippen LogP contribution in [0, 0.1) is 0 Å². The highest BCUT2D eigenvalue weighted by Gasteiger charge is 2.14. The molecule has 0 aliphatic carbocycles. The summed E-state index contributed by atoms with van der Waals surface area (Å²) in [4.78, 5) is 12.1. The maximum atomic E-state index is 12.1. The molecule has 2 aromatic rings. The van der Waals surface area contributed by atoms with E-state index in [1.165, 1.54) is 6.07 Å². The molecular formula is C13H8Br3NO2. The molecule has 19 heavy (non-hydrogen) atoms. The summed E-state index contributed by atoms with van der Waals surface area (Å²) in [5, 5.41) is 12.5. The number of phenols is 1. The van der Waals surface area contributed by atoms with Crippen molar-refractivity contribution in [3.05, 3.63) is 55.4 Å². The number of hydrogen-bond donors (Lipinski definition) is 2. The Morgan fingerprint density at radius 3 is 2.32 bits per heavy atom. The summed E-state index contributed by atoms with van der Waals surface area (Å²) in [7, 11) is 0. The second kappa shape index (κ2) is 6.07. The number of amides is 1. The number of hydrogen-bond acceptors (Lipinski definition) is 2. The van der Waals surface area contributed by atoms with Gasteiger partial charge in [-0.1, -0.05) is 12.1 Å².